The smallest absolute Gasteiger partial charge is 0.220 e. The van der Waals surface area contributed by atoms with Gasteiger partial charge in [-0.2, -0.15) is 0 Å². The molecule has 1 amide bonds. The molecule has 2 heterocycles. The third-order valence-electron chi connectivity index (χ3n) is 4.32. The summed E-state index contributed by atoms with van der Waals surface area (Å²) >= 11 is 0. The number of carbonyl (C=O) groups is 1. The van der Waals surface area contributed by atoms with Gasteiger partial charge in [0.05, 0.1) is 5.69 Å². The summed E-state index contributed by atoms with van der Waals surface area (Å²) in [5.41, 5.74) is 1.01. The van der Waals surface area contributed by atoms with Crippen molar-refractivity contribution in [1.82, 2.24) is 21.1 Å². The summed E-state index contributed by atoms with van der Waals surface area (Å²) in [6, 6.07) is 2.21. The highest BCUT2D eigenvalue weighted by Crippen LogP contribution is 2.22. The Morgan fingerprint density at radius 3 is 2.88 bits per heavy atom. The molecule has 1 aromatic heterocycles. The van der Waals surface area contributed by atoms with Crippen LogP contribution in [0.4, 0.5) is 0 Å². The van der Waals surface area contributed by atoms with Crippen LogP contribution in [0.25, 0.3) is 0 Å². The van der Waals surface area contributed by atoms with Crippen LogP contribution in [-0.4, -0.2) is 36.2 Å². The molecule has 0 spiro atoms. The maximum Gasteiger partial charge on any atom is 0.220 e. The van der Waals surface area contributed by atoms with E-state index in [4.69, 9.17) is 4.52 Å². The first-order chi connectivity index (χ1) is 11.7. The van der Waals surface area contributed by atoms with Crippen molar-refractivity contribution in [2.45, 2.75) is 65.0 Å². The number of piperidine rings is 1. The van der Waals surface area contributed by atoms with Crippen molar-refractivity contribution < 1.29 is 9.32 Å². The van der Waals surface area contributed by atoms with Crippen LogP contribution in [0.1, 0.15) is 63.8 Å². The van der Waals surface area contributed by atoms with Crippen molar-refractivity contribution in [2.24, 2.45) is 4.99 Å². The molecule has 1 atom stereocenters. The van der Waals surface area contributed by atoms with Gasteiger partial charge < -0.3 is 20.5 Å². The number of nitrogens with zero attached hydrogens (tertiary/aromatic N) is 2. The average Bonchev–Trinajstić information content (AvgIpc) is 3.05. The molecule has 1 saturated heterocycles. The van der Waals surface area contributed by atoms with Gasteiger partial charge in [-0.1, -0.05) is 19.0 Å². The fourth-order valence-corrected chi connectivity index (χ4v) is 2.83. The van der Waals surface area contributed by atoms with E-state index < -0.39 is 0 Å². The molecule has 1 aliphatic heterocycles. The van der Waals surface area contributed by atoms with Gasteiger partial charge in [-0.05, 0) is 26.2 Å². The molecule has 134 valence electrons. The summed E-state index contributed by atoms with van der Waals surface area (Å²) in [6.45, 7) is 8.21. The summed E-state index contributed by atoms with van der Waals surface area (Å²) < 4.78 is 5.41. The molecule has 0 aromatic carbocycles. The van der Waals surface area contributed by atoms with Crippen molar-refractivity contribution in [3.05, 3.63) is 17.5 Å². The second kappa shape index (κ2) is 9.30. The highest BCUT2D eigenvalue weighted by Gasteiger charge is 2.19. The predicted molar refractivity (Wildman–Crippen MR) is 93.8 cm³/mol. The first-order valence-electron chi connectivity index (χ1n) is 8.93. The lowest BCUT2D eigenvalue weighted by Gasteiger charge is -2.25. The highest BCUT2D eigenvalue weighted by atomic mass is 16.5. The quantitative estimate of drug-likeness (QED) is 0.523. The van der Waals surface area contributed by atoms with E-state index in [-0.39, 0.29) is 11.9 Å². The van der Waals surface area contributed by atoms with Crippen LogP contribution in [0.3, 0.4) is 0 Å². The van der Waals surface area contributed by atoms with Crippen LogP contribution in [0.2, 0.25) is 0 Å². The Morgan fingerprint density at radius 2 is 2.25 bits per heavy atom. The molecule has 24 heavy (non-hydrogen) atoms. The van der Waals surface area contributed by atoms with E-state index in [1.807, 2.05) is 13.0 Å². The lowest BCUT2D eigenvalue weighted by Crippen LogP contribution is -2.51. The lowest BCUT2D eigenvalue weighted by molar-refractivity contribution is -0.122. The number of hydrogen-bond acceptors (Lipinski definition) is 4. The summed E-state index contributed by atoms with van der Waals surface area (Å²) in [5.74, 6) is 2.07. The minimum atomic E-state index is 0.116. The first-order valence-corrected chi connectivity index (χ1v) is 8.93. The molecule has 0 radical (unpaired) electrons. The Hall–Kier alpha value is -2.05. The van der Waals surface area contributed by atoms with Crippen LogP contribution in [0.15, 0.2) is 15.6 Å². The summed E-state index contributed by atoms with van der Waals surface area (Å²) in [4.78, 5) is 15.8. The molecule has 7 heteroatoms. The zero-order valence-corrected chi connectivity index (χ0v) is 14.9. The van der Waals surface area contributed by atoms with E-state index in [1.165, 1.54) is 0 Å². The number of carbonyl (C=O) groups excluding carboxylic acids is 1. The predicted octanol–water partition coefficient (Wildman–Crippen LogP) is 1.91. The molecule has 0 saturated carbocycles. The Kier molecular flexibility index (Phi) is 7.08. The van der Waals surface area contributed by atoms with Crippen molar-refractivity contribution >= 4 is 11.9 Å². The van der Waals surface area contributed by atoms with Gasteiger partial charge in [0.1, 0.15) is 6.54 Å². The zero-order valence-electron chi connectivity index (χ0n) is 14.9. The molecule has 0 aliphatic carbocycles. The molecule has 2 rings (SSSR count). The molecule has 3 N–H and O–H groups in total. The van der Waals surface area contributed by atoms with Gasteiger partial charge in [-0.3, -0.25) is 4.79 Å². The second-order valence-corrected chi connectivity index (χ2v) is 6.11. The van der Waals surface area contributed by atoms with Crippen molar-refractivity contribution in [2.75, 3.05) is 13.1 Å². The van der Waals surface area contributed by atoms with E-state index >= 15 is 0 Å². The molecule has 1 aliphatic rings. The average molecular weight is 335 g/mol. The van der Waals surface area contributed by atoms with Crippen LogP contribution >= 0.6 is 0 Å². The Labute approximate surface area is 143 Å². The normalized spacial score (nSPS) is 18.6. The van der Waals surface area contributed by atoms with E-state index in [2.05, 4.69) is 39.9 Å². The first kappa shape index (κ1) is 18.3. The van der Waals surface area contributed by atoms with Gasteiger partial charge >= 0.3 is 0 Å². The van der Waals surface area contributed by atoms with Crippen LogP contribution < -0.4 is 16.0 Å². The van der Waals surface area contributed by atoms with Crippen molar-refractivity contribution in [3.8, 4) is 0 Å². The fraction of sp³-hybridized carbons (Fsp3) is 0.706. The minimum Gasteiger partial charge on any atom is -0.359 e. The Bertz CT molecular complexity index is 541. The number of guanidine groups is 1. The van der Waals surface area contributed by atoms with Crippen LogP contribution in [0.5, 0.6) is 0 Å². The molecule has 7 nitrogen and oxygen atoms in total. The topological polar surface area (TPSA) is 91.6 Å². The number of rotatable bonds is 7. The molecule has 1 fully saturated rings. The van der Waals surface area contributed by atoms with E-state index in [0.29, 0.717) is 25.4 Å². The number of hydrogen-bond donors (Lipinski definition) is 3. The fourth-order valence-electron chi connectivity index (χ4n) is 2.83. The second-order valence-electron chi connectivity index (χ2n) is 6.11. The van der Waals surface area contributed by atoms with Gasteiger partial charge in [0.15, 0.2) is 11.7 Å². The zero-order chi connectivity index (χ0) is 17.4. The largest absolute Gasteiger partial charge is 0.359 e. The summed E-state index contributed by atoms with van der Waals surface area (Å²) in [7, 11) is 0. The van der Waals surface area contributed by atoms with E-state index in [9.17, 15) is 4.79 Å². The Morgan fingerprint density at radius 1 is 1.46 bits per heavy atom. The maximum absolute atomic E-state index is 11.2. The molecule has 1 aromatic rings. The van der Waals surface area contributed by atoms with E-state index in [0.717, 1.165) is 43.2 Å². The van der Waals surface area contributed by atoms with Gasteiger partial charge in [-0.25, -0.2) is 4.99 Å². The minimum absolute atomic E-state index is 0.116. The number of nitrogens with one attached hydrogen (secondary N) is 3. The number of aliphatic imine (C=N–C) groups is 1. The molecular formula is C17H29N5O2. The standard InChI is InChI=1S/C17H29N5O2/c1-4-12(5-2)15-9-14(24-22-15)11-20-17(18-6-3)21-13-7-8-16(23)19-10-13/h9,12-13H,4-8,10-11H2,1-3H3,(H,19,23)(H2,18,20,21). The summed E-state index contributed by atoms with van der Waals surface area (Å²) in [5, 5.41) is 13.6. The number of aromatic nitrogens is 1. The molecule has 0 bridgehead atoms. The van der Waals surface area contributed by atoms with Gasteiger partial charge in [0, 0.05) is 37.5 Å². The number of amides is 1. The third-order valence-corrected chi connectivity index (χ3v) is 4.32. The van der Waals surface area contributed by atoms with Crippen molar-refractivity contribution in [1.29, 1.82) is 0 Å². The van der Waals surface area contributed by atoms with Gasteiger partial charge in [0.25, 0.3) is 0 Å². The molecular weight excluding hydrogens is 306 g/mol. The maximum atomic E-state index is 11.2. The SMILES string of the molecule is CCNC(=NCc1cc(C(CC)CC)no1)NC1CCC(=O)NC1. The third kappa shape index (κ3) is 5.25. The van der Waals surface area contributed by atoms with E-state index in [1.54, 1.807) is 0 Å². The molecule has 1 unspecified atom stereocenters. The monoisotopic (exact) mass is 335 g/mol. The summed E-state index contributed by atoms with van der Waals surface area (Å²) in [6.07, 6.45) is 3.49. The Balaban J connectivity index is 1.94. The van der Waals surface area contributed by atoms with Crippen LogP contribution in [0, 0.1) is 0 Å². The lowest BCUT2D eigenvalue weighted by atomic mass is 9.99. The van der Waals surface area contributed by atoms with Gasteiger partial charge in [-0.15, -0.1) is 0 Å². The van der Waals surface area contributed by atoms with Gasteiger partial charge in [0.2, 0.25) is 5.91 Å². The highest BCUT2D eigenvalue weighted by molar-refractivity contribution is 5.81. The van der Waals surface area contributed by atoms with Crippen molar-refractivity contribution in [3.63, 3.8) is 0 Å². The van der Waals surface area contributed by atoms with Crippen LogP contribution in [-0.2, 0) is 11.3 Å².